The summed E-state index contributed by atoms with van der Waals surface area (Å²) in [6.07, 6.45) is 0. The minimum atomic E-state index is -0.446. The van der Waals surface area contributed by atoms with E-state index in [1.165, 1.54) is 132 Å². The molecule has 3 heterocycles. The fourth-order valence-corrected chi connectivity index (χ4v) is 14.6. The molecule has 2 aliphatic carbocycles. The molecule has 1 spiro atoms. The van der Waals surface area contributed by atoms with E-state index >= 15 is 0 Å². The van der Waals surface area contributed by atoms with E-state index in [1.54, 1.807) is 0 Å². The predicted octanol–water partition coefficient (Wildman–Crippen LogP) is 16.5. The first-order valence-corrected chi connectivity index (χ1v) is 26.4. The van der Waals surface area contributed by atoms with Crippen molar-refractivity contribution in [2.24, 2.45) is 0 Å². The van der Waals surface area contributed by atoms with Crippen molar-refractivity contribution >= 4 is 78.0 Å². The lowest BCUT2D eigenvalue weighted by atomic mass is 9.36. The Bertz CT molecular complexity index is 3760. The smallest absolute Gasteiger partial charge is 0.264 e. The number of nitrogens with zero attached hydrogens (tertiary/aromatic N) is 2. The molecule has 4 aliphatic rings. The Balaban J connectivity index is 1.08. The van der Waals surface area contributed by atoms with Crippen LogP contribution in [0.5, 0.6) is 0 Å². The maximum absolute atomic E-state index is 2.62. The Labute approximate surface area is 423 Å². The highest BCUT2D eigenvalue weighted by Crippen LogP contribution is 2.64. The third kappa shape index (κ3) is 5.83. The van der Waals surface area contributed by atoms with E-state index < -0.39 is 5.41 Å². The van der Waals surface area contributed by atoms with Crippen molar-refractivity contribution in [1.82, 2.24) is 0 Å². The summed E-state index contributed by atoms with van der Waals surface area (Å²) in [6.45, 7) is 16.4. The summed E-state index contributed by atoms with van der Waals surface area (Å²) in [4.78, 5) is 5.15. The summed E-state index contributed by atoms with van der Waals surface area (Å²) in [7, 11) is 0. The number of thiophene rings is 1. The minimum absolute atomic E-state index is 0.00779. The van der Waals surface area contributed by atoms with Crippen LogP contribution in [-0.4, -0.2) is 6.71 Å². The van der Waals surface area contributed by atoms with E-state index in [-0.39, 0.29) is 12.1 Å². The molecule has 0 fully saturated rings. The van der Waals surface area contributed by atoms with Gasteiger partial charge < -0.3 is 9.80 Å². The summed E-state index contributed by atoms with van der Waals surface area (Å²) >= 11 is 2.01. The maximum Gasteiger partial charge on any atom is 0.264 e. The normalized spacial score (nSPS) is 14.4. The number of para-hydroxylation sites is 2. The maximum atomic E-state index is 2.62. The van der Waals surface area contributed by atoms with Gasteiger partial charge in [0, 0.05) is 43.3 Å². The van der Waals surface area contributed by atoms with Crippen LogP contribution in [0.15, 0.2) is 194 Å². The number of anilines is 6. The van der Waals surface area contributed by atoms with Crippen LogP contribution in [0.4, 0.5) is 34.1 Å². The van der Waals surface area contributed by atoms with Gasteiger partial charge in [-0.1, -0.05) is 188 Å². The van der Waals surface area contributed by atoms with Crippen molar-refractivity contribution in [2.75, 3.05) is 9.80 Å². The second-order valence-corrected chi connectivity index (χ2v) is 23.0. The molecular formula is C67H55BN2S. The lowest BCUT2D eigenvalue weighted by Gasteiger charge is -2.43. The van der Waals surface area contributed by atoms with Gasteiger partial charge >= 0.3 is 0 Å². The molecule has 10 aromatic rings. The molecule has 0 amide bonds. The molecule has 0 saturated heterocycles. The van der Waals surface area contributed by atoms with Gasteiger partial charge in [-0.05, 0) is 155 Å². The van der Waals surface area contributed by atoms with Crippen LogP contribution in [0.25, 0.3) is 43.5 Å². The summed E-state index contributed by atoms with van der Waals surface area (Å²) in [6, 6.07) is 74.7. The molecule has 71 heavy (non-hydrogen) atoms. The number of fused-ring (bicyclic) bond motifs is 16. The lowest BCUT2D eigenvalue weighted by Crippen LogP contribution is -2.60. The van der Waals surface area contributed by atoms with Gasteiger partial charge in [0.15, 0.2) is 0 Å². The van der Waals surface area contributed by atoms with Crippen molar-refractivity contribution < 1.29 is 0 Å². The molecule has 2 nitrogen and oxygen atoms in total. The van der Waals surface area contributed by atoms with Crippen LogP contribution < -0.4 is 25.5 Å². The van der Waals surface area contributed by atoms with Gasteiger partial charge in [-0.3, -0.25) is 0 Å². The molecule has 1 aromatic heterocycles. The van der Waals surface area contributed by atoms with Crippen LogP contribution in [0, 0.1) is 0 Å². The molecule has 342 valence electrons. The van der Waals surface area contributed by atoms with E-state index in [2.05, 4.69) is 252 Å². The number of hydrogen-bond donors (Lipinski definition) is 0. The second-order valence-electron chi connectivity index (χ2n) is 21.9. The highest BCUT2D eigenvalue weighted by molar-refractivity contribution is 7.33. The van der Waals surface area contributed by atoms with Crippen LogP contribution in [-0.2, 0) is 10.8 Å². The van der Waals surface area contributed by atoms with Crippen LogP contribution in [0.1, 0.15) is 99.2 Å². The first-order valence-electron chi connectivity index (χ1n) is 25.6. The molecule has 9 aromatic carbocycles. The molecule has 0 radical (unpaired) electrons. The largest absolute Gasteiger partial charge is 0.311 e. The molecule has 0 bridgehead atoms. The van der Waals surface area contributed by atoms with Gasteiger partial charge in [-0.2, -0.15) is 0 Å². The van der Waals surface area contributed by atoms with Crippen molar-refractivity contribution in [3.63, 3.8) is 0 Å². The number of rotatable bonds is 5. The Morgan fingerprint density at radius 1 is 0.479 bits per heavy atom. The van der Waals surface area contributed by atoms with E-state index in [9.17, 15) is 0 Å². The van der Waals surface area contributed by atoms with Crippen LogP contribution >= 0.6 is 11.3 Å². The van der Waals surface area contributed by atoms with Gasteiger partial charge in [0.25, 0.3) is 6.71 Å². The predicted molar refractivity (Wildman–Crippen MR) is 304 cm³/mol. The van der Waals surface area contributed by atoms with E-state index in [1.807, 2.05) is 11.3 Å². The number of hydrogen-bond acceptors (Lipinski definition) is 3. The molecular weight excluding hydrogens is 876 g/mol. The molecule has 0 saturated carbocycles. The third-order valence-electron chi connectivity index (χ3n) is 16.4. The molecule has 14 rings (SSSR count). The quantitative estimate of drug-likeness (QED) is 0.159. The van der Waals surface area contributed by atoms with Gasteiger partial charge in [0.2, 0.25) is 0 Å². The highest BCUT2D eigenvalue weighted by atomic mass is 32.1. The lowest BCUT2D eigenvalue weighted by molar-refractivity contribution is 0.588. The van der Waals surface area contributed by atoms with E-state index in [0.29, 0.717) is 11.8 Å². The standard InChI is InChI=1S/C67H55BN2S/c1-40(2)46-26-18-27-47(41(3)4)62(46)42-32-35-57-60(36-42)69(44-20-10-8-11-21-44)58-30-19-31-59-63(58)68(57)65-64(70(59)45-22-12-9-13-23-45)52-38-51-50-34-33-43(66(5,6)7)37-55(50)67(56(51)39-61(52)71-65)53-28-16-14-24-48(53)49-25-15-17-29-54(49)67/h8-41H,1-7H3. The van der Waals surface area contributed by atoms with Crippen molar-refractivity contribution in [3.8, 4) is 33.4 Å². The fraction of sp³-hybridized carbons (Fsp3) is 0.164. The molecule has 0 unspecified atom stereocenters. The van der Waals surface area contributed by atoms with E-state index in [4.69, 9.17) is 0 Å². The molecule has 0 N–H and O–H groups in total. The van der Waals surface area contributed by atoms with Gasteiger partial charge in [0.1, 0.15) is 0 Å². The Morgan fingerprint density at radius 2 is 1.04 bits per heavy atom. The first kappa shape index (κ1) is 42.5. The zero-order chi connectivity index (χ0) is 48.1. The third-order valence-corrected chi connectivity index (χ3v) is 17.6. The summed E-state index contributed by atoms with van der Waals surface area (Å²) in [5, 5.41) is 1.31. The minimum Gasteiger partial charge on any atom is -0.311 e. The monoisotopic (exact) mass is 930 g/mol. The second kappa shape index (κ2) is 15.3. The zero-order valence-electron chi connectivity index (χ0n) is 41.5. The summed E-state index contributed by atoms with van der Waals surface area (Å²) < 4.78 is 2.72. The molecule has 4 heteroatoms. The summed E-state index contributed by atoms with van der Waals surface area (Å²) in [5.74, 6) is 0.771. The summed E-state index contributed by atoms with van der Waals surface area (Å²) in [5.41, 5.74) is 27.3. The van der Waals surface area contributed by atoms with Crippen LogP contribution in [0.2, 0.25) is 0 Å². The first-order chi connectivity index (χ1) is 34.5. The Kier molecular flexibility index (Phi) is 9.16. The Morgan fingerprint density at radius 3 is 1.68 bits per heavy atom. The van der Waals surface area contributed by atoms with Crippen molar-refractivity contribution in [2.45, 2.75) is 71.1 Å². The average Bonchev–Trinajstić information content (AvgIpc) is 4.01. The average molecular weight is 931 g/mol. The zero-order valence-corrected chi connectivity index (χ0v) is 42.3. The van der Waals surface area contributed by atoms with Crippen molar-refractivity contribution in [3.05, 3.63) is 233 Å². The van der Waals surface area contributed by atoms with Crippen LogP contribution in [0.3, 0.4) is 0 Å². The topological polar surface area (TPSA) is 6.48 Å². The number of benzene rings is 9. The Hall–Kier alpha value is -7.40. The van der Waals surface area contributed by atoms with Gasteiger partial charge in [-0.25, -0.2) is 0 Å². The highest BCUT2D eigenvalue weighted by Gasteiger charge is 2.53. The van der Waals surface area contributed by atoms with Crippen molar-refractivity contribution in [1.29, 1.82) is 0 Å². The van der Waals surface area contributed by atoms with Gasteiger partial charge in [0.05, 0.1) is 11.1 Å². The SMILES string of the molecule is CC(C)c1cccc(C(C)C)c1-c1ccc2c(c1)N(c1ccccc1)c1cccc3c1B2c1sc2cc4c(cc2c1N3c1ccccc1)-c1ccc(C(C)(C)C)cc1C41c2ccccc2-c2ccccc21. The van der Waals surface area contributed by atoms with E-state index in [0.717, 1.165) is 0 Å². The molecule has 2 aliphatic heterocycles. The fourth-order valence-electron chi connectivity index (χ4n) is 13.3. The van der Waals surface area contributed by atoms with Gasteiger partial charge in [-0.15, -0.1) is 11.3 Å². The molecule has 0 atom stereocenters.